The van der Waals surface area contributed by atoms with Crippen molar-refractivity contribution in [3.05, 3.63) is 84.4 Å². The molecule has 5 aromatic rings. The van der Waals surface area contributed by atoms with Crippen LogP contribution in [0.15, 0.2) is 81.7 Å². The molecule has 1 saturated heterocycles. The van der Waals surface area contributed by atoms with Crippen molar-refractivity contribution >= 4 is 11.1 Å². The summed E-state index contributed by atoms with van der Waals surface area (Å²) in [5.41, 5.74) is 3.60. The van der Waals surface area contributed by atoms with E-state index in [1.807, 2.05) is 30.3 Å². The molecule has 0 radical (unpaired) electrons. The number of hydrogen-bond donors (Lipinski definition) is 1. The lowest BCUT2D eigenvalue weighted by atomic mass is 10.1. The normalized spacial score (nSPS) is 15.3. The number of para-hydroxylation sites is 1. The van der Waals surface area contributed by atoms with Gasteiger partial charge >= 0.3 is 0 Å². The Morgan fingerprint density at radius 2 is 1.76 bits per heavy atom. The van der Waals surface area contributed by atoms with Crippen molar-refractivity contribution in [3.8, 4) is 34.2 Å². The number of methoxy groups -OCH3 is 1. The average molecular weight is 559 g/mol. The van der Waals surface area contributed by atoms with Gasteiger partial charge in [0, 0.05) is 56.0 Å². The van der Waals surface area contributed by atoms with E-state index in [2.05, 4.69) is 19.9 Å². The third-order valence-corrected chi connectivity index (χ3v) is 7.15. The molecule has 1 fully saturated rings. The van der Waals surface area contributed by atoms with Crippen molar-refractivity contribution in [1.29, 1.82) is 0 Å². The van der Waals surface area contributed by atoms with Crippen LogP contribution in [0.25, 0.3) is 33.8 Å². The van der Waals surface area contributed by atoms with Gasteiger partial charge in [-0.05, 0) is 48.5 Å². The van der Waals surface area contributed by atoms with Gasteiger partial charge in [-0.25, -0.2) is 9.37 Å². The number of nitrogens with zero attached hydrogens (tertiary/aromatic N) is 4. The number of piperazine rings is 1. The lowest BCUT2D eigenvalue weighted by Crippen LogP contribution is -2.48. The fourth-order valence-electron chi connectivity index (χ4n) is 4.98. The quantitative estimate of drug-likeness (QED) is 0.258. The van der Waals surface area contributed by atoms with E-state index in [1.54, 1.807) is 37.4 Å². The molecule has 6 rings (SSSR count). The van der Waals surface area contributed by atoms with Gasteiger partial charge in [0.2, 0.25) is 5.89 Å². The van der Waals surface area contributed by atoms with E-state index in [0.717, 1.165) is 48.9 Å². The fraction of sp³-hybridized carbons (Fsp3) is 0.290. The van der Waals surface area contributed by atoms with Crippen LogP contribution >= 0.6 is 0 Å². The Balaban J connectivity index is 0.963. The minimum absolute atomic E-state index is 0.165. The van der Waals surface area contributed by atoms with Gasteiger partial charge in [-0.1, -0.05) is 17.3 Å². The van der Waals surface area contributed by atoms with Crippen LogP contribution in [0.3, 0.4) is 0 Å². The van der Waals surface area contributed by atoms with Gasteiger partial charge in [-0.15, -0.1) is 0 Å². The lowest BCUT2D eigenvalue weighted by molar-refractivity contribution is 0.0430. The maximum absolute atomic E-state index is 13.2. The van der Waals surface area contributed by atoms with E-state index >= 15 is 0 Å². The second kappa shape index (κ2) is 12.1. The summed E-state index contributed by atoms with van der Waals surface area (Å²) in [6, 6.07) is 21.1. The molecule has 0 saturated carbocycles. The van der Waals surface area contributed by atoms with E-state index in [0.29, 0.717) is 41.4 Å². The topological polar surface area (TPSA) is 97.2 Å². The van der Waals surface area contributed by atoms with Crippen LogP contribution < -0.4 is 9.47 Å². The molecule has 1 atom stereocenters. The van der Waals surface area contributed by atoms with Crippen molar-refractivity contribution < 1.29 is 27.9 Å². The number of rotatable bonds is 10. The molecule has 1 aliphatic heterocycles. The van der Waals surface area contributed by atoms with Gasteiger partial charge in [-0.2, -0.15) is 0 Å². The summed E-state index contributed by atoms with van der Waals surface area (Å²) in [4.78, 5) is 9.05. The molecule has 0 bridgehead atoms. The van der Waals surface area contributed by atoms with Gasteiger partial charge in [-0.3, -0.25) is 9.80 Å². The zero-order valence-electron chi connectivity index (χ0n) is 22.7. The number of β-amino-alcohol motifs (C(OH)–C–C–N with tert-alkyl or cyclic N) is 1. The van der Waals surface area contributed by atoms with E-state index in [1.165, 1.54) is 12.1 Å². The highest BCUT2D eigenvalue weighted by Crippen LogP contribution is 2.30. The third kappa shape index (κ3) is 6.40. The Kier molecular flexibility index (Phi) is 7.95. The maximum Gasteiger partial charge on any atom is 0.227 e. The SMILES string of the molecule is COc1ccccc1-c1cc(CN2CCN(CC(O)COc3ccc4oc(-c5ccc(F)cc5)nc4c3)CC2)on1. The van der Waals surface area contributed by atoms with Crippen LogP contribution in [0.2, 0.25) is 0 Å². The molecule has 3 heterocycles. The smallest absolute Gasteiger partial charge is 0.227 e. The molecule has 0 spiro atoms. The first-order valence-electron chi connectivity index (χ1n) is 13.5. The maximum atomic E-state index is 13.2. The summed E-state index contributed by atoms with van der Waals surface area (Å²) in [6.07, 6.45) is -0.637. The Labute approximate surface area is 236 Å². The third-order valence-electron chi connectivity index (χ3n) is 7.15. The number of aliphatic hydroxyl groups is 1. The number of ether oxygens (including phenoxy) is 2. The number of hydrogen-bond acceptors (Lipinski definition) is 9. The lowest BCUT2D eigenvalue weighted by Gasteiger charge is -2.35. The summed E-state index contributed by atoms with van der Waals surface area (Å²) in [6.45, 7) is 4.75. The number of aliphatic hydroxyl groups excluding tert-OH is 1. The van der Waals surface area contributed by atoms with Crippen LogP contribution in [0, 0.1) is 5.82 Å². The van der Waals surface area contributed by atoms with Crippen LogP contribution in [-0.4, -0.2) is 77.6 Å². The molecule has 0 amide bonds. The molecule has 212 valence electrons. The fourth-order valence-corrected chi connectivity index (χ4v) is 4.98. The van der Waals surface area contributed by atoms with Gasteiger partial charge in [0.15, 0.2) is 11.3 Å². The molecule has 1 aliphatic rings. The number of aromatic nitrogens is 2. The molecule has 1 unspecified atom stereocenters. The van der Waals surface area contributed by atoms with E-state index in [-0.39, 0.29) is 12.4 Å². The van der Waals surface area contributed by atoms with Crippen molar-refractivity contribution in [2.24, 2.45) is 0 Å². The molecular weight excluding hydrogens is 527 g/mol. The highest BCUT2D eigenvalue weighted by atomic mass is 19.1. The Hall–Kier alpha value is -4.25. The average Bonchev–Trinajstić information content (AvgIpc) is 3.64. The largest absolute Gasteiger partial charge is 0.496 e. The van der Waals surface area contributed by atoms with E-state index < -0.39 is 6.10 Å². The molecule has 0 aliphatic carbocycles. The Morgan fingerprint density at radius 3 is 2.56 bits per heavy atom. The number of fused-ring (bicyclic) bond motifs is 1. The van der Waals surface area contributed by atoms with Gasteiger partial charge in [0.25, 0.3) is 0 Å². The van der Waals surface area contributed by atoms with Gasteiger partial charge in [0.1, 0.15) is 41.2 Å². The molecule has 41 heavy (non-hydrogen) atoms. The molecule has 1 N–H and O–H groups in total. The number of oxazole rings is 1. The van der Waals surface area contributed by atoms with Crippen LogP contribution in [0.5, 0.6) is 11.5 Å². The molecule has 10 heteroatoms. The van der Waals surface area contributed by atoms with Crippen molar-refractivity contribution in [2.75, 3.05) is 46.4 Å². The summed E-state index contributed by atoms with van der Waals surface area (Å²) in [7, 11) is 1.65. The Bertz CT molecular complexity index is 1590. The number of halogens is 1. The van der Waals surface area contributed by atoms with Crippen molar-refractivity contribution in [1.82, 2.24) is 19.9 Å². The predicted octanol–water partition coefficient (Wildman–Crippen LogP) is 4.86. The summed E-state index contributed by atoms with van der Waals surface area (Å²) in [5.74, 6) is 2.27. The Morgan fingerprint density at radius 1 is 0.976 bits per heavy atom. The first kappa shape index (κ1) is 26.9. The van der Waals surface area contributed by atoms with Gasteiger partial charge in [0.05, 0.1) is 13.7 Å². The minimum atomic E-state index is -0.637. The van der Waals surface area contributed by atoms with Gasteiger partial charge < -0.3 is 23.5 Å². The second-order valence-electron chi connectivity index (χ2n) is 10.1. The van der Waals surface area contributed by atoms with Crippen LogP contribution in [0.4, 0.5) is 4.39 Å². The molecular formula is C31H31FN4O5. The zero-order chi connectivity index (χ0) is 28.2. The summed E-state index contributed by atoms with van der Waals surface area (Å²) >= 11 is 0. The highest BCUT2D eigenvalue weighted by Gasteiger charge is 2.21. The van der Waals surface area contributed by atoms with Crippen LogP contribution in [-0.2, 0) is 6.54 Å². The standard InChI is InChI=1S/C31H31FN4O5/c1-38-29-5-3-2-4-26(29)27-17-25(41-34-27)19-36-14-12-35(13-15-36)18-23(37)20-39-24-10-11-30-28(16-24)33-31(40-30)21-6-8-22(32)9-7-21/h2-11,16-17,23,37H,12-15,18-20H2,1H3. The highest BCUT2D eigenvalue weighted by molar-refractivity contribution is 5.77. The minimum Gasteiger partial charge on any atom is -0.496 e. The van der Waals surface area contributed by atoms with Crippen molar-refractivity contribution in [2.45, 2.75) is 12.6 Å². The first-order valence-corrected chi connectivity index (χ1v) is 13.5. The van der Waals surface area contributed by atoms with Crippen molar-refractivity contribution in [3.63, 3.8) is 0 Å². The summed E-state index contributed by atoms with van der Waals surface area (Å²) < 4.78 is 35.9. The van der Waals surface area contributed by atoms with E-state index in [9.17, 15) is 9.50 Å². The predicted molar refractivity (Wildman–Crippen MR) is 151 cm³/mol. The zero-order valence-corrected chi connectivity index (χ0v) is 22.7. The summed E-state index contributed by atoms with van der Waals surface area (Å²) in [5, 5.41) is 14.9. The molecule has 2 aromatic heterocycles. The molecule has 9 nitrogen and oxygen atoms in total. The number of benzene rings is 3. The second-order valence-corrected chi connectivity index (χ2v) is 10.1. The van der Waals surface area contributed by atoms with Crippen LogP contribution in [0.1, 0.15) is 5.76 Å². The van der Waals surface area contributed by atoms with E-state index in [4.69, 9.17) is 18.4 Å². The first-order chi connectivity index (χ1) is 20.0. The monoisotopic (exact) mass is 558 g/mol. The molecule has 3 aromatic carbocycles.